The van der Waals surface area contributed by atoms with Crippen LogP contribution < -0.4 is 4.90 Å². The van der Waals surface area contributed by atoms with Crippen molar-refractivity contribution in [3.05, 3.63) is 54.6 Å². The zero-order valence-electron chi connectivity index (χ0n) is 18.6. The van der Waals surface area contributed by atoms with Crippen LogP contribution in [0.3, 0.4) is 0 Å². The van der Waals surface area contributed by atoms with Gasteiger partial charge in [0, 0.05) is 32.6 Å². The number of hydrogen-bond acceptors (Lipinski definition) is 7. The topological polar surface area (TPSA) is 79.8 Å². The van der Waals surface area contributed by atoms with Gasteiger partial charge < -0.3 is 4.74 Å². The highest BCUT2D eigenvalue weighted by molar-refractivity contribution is 7.91. The first-order valence-corrected chi connectivity index (χ1v) is 13.7. The molecule has 2 aromatic carbocycles. The molecule has 7 nitrogen and oxygen atoms in total. The van der Waals surface area contributed by atoms with Crippen molar-refractivity contribution in [1.82, 2.24) is 9.88 Å². The first-order chi connectivity index (χ1) is 16.0. The number of fused-ring (bicyclic) bond motifs is 1. The van der Waals surface area contributed by atoms with Crippen LogP contribution >= 0.6 is 11.3 Å². The Balaban J connectivity index is 1.40. The second kappa shape index (κ2) is 11.2. The summed E-state index contributed by atoms with van der Waals surface area (Å²) in [6.07, 6.45) is 1.27. The minimum Gasteiger partial charge on any atom is -0.379 e. The predicted octanol–water partition coefficient (Wildman–Crippen LogP) is 3.61. The number of aromatic nitrogens is 1. The zero-order chi connectivity index (χ0) is 23.1. The van der Waals surface area contributed by atoms with Crippen LogP contribution in [0.25, 0.3) is 10.2 Å². The SMILES string of the molecule is O=C(CCCS(=O)(=O)c1ccccc1)N(CCCN1CCOCC1)c1nc2ccccc2s1. The molecular formula is C24H29N3O4S2. The largest absolute Gasteiger partial charge is 0.379 e. The van der Waals surface area contributed by atoms with E-state index in [1.807, 2.05) is 24.3 Å². The summed E-state index contributed by atoms with van der Waals surface area (Å²) >= 11 is 1.50. The van der Waals surface area contributed by atoms with Gasteiger partial charge in [-0.15, -0.1) is 0 Å². The molecule has 0 saturated carbocycles. The summed E-state index contributed by atoms with van der Waals surface area (Å²) in [5.41, 5.74) is 0.870. The fourth-order valence-electron chi connectivity index (χ4n) is 3.87. The van der Waals surface area contributed by atoms with Crippen LogP contribution in [0.2, 0.25) is 0 Å². The van der Waals surface area contributed by atoms with Crippen LogP contribution in [0.4, 0.5) is 5.13 Å². The first kappa shape index (κ1) is 23.8. The highest BCUT2D eigenvalue weighted by Crippen LogP contribution is 2.29. The third-order valence-electron chi connectivity index (χ3n) is 5.68. The van der Waals surface area contributed by atoms with E-state index in [1.54, 1.807) is 35.2 Å². The molecule has 1 amide bonds. The van der Waals surface area contributed by atoms with E-state index in [-0.39, 0.29) is 24.5 Å². The standard InChI is InChI=1S/C24H29N3O4S2/c28-23(12-6-19-33(29,30)20-8-2-1-3-9-20)27(14-7-13-26-15-17-31-18-16-26)24-25-21-10-4-5-11-22(21)32-24/h1-5,8-11H,6-7,12-19H2. The molecule has 0 unspecified atom stereocenters. The fraction of sp³-hybridized carbons (Fsp3) is 0.417. The monoisotopic (exact) mass is 487 g/mol. The number of hydrogen-bond donors (Lipinski definition) is 0. The molecule has 1 saturated heterocycles. The maximum absolute atomic E-state index is 13.2. The van der Waals surface area contributed by atoms with Gasteiger partial charge in [0.05, 0.1) is 34.1 Å². The molecule has 0 spiro atoms. The quantitative estimate of drug-likeness (QED) is 0.435. The number of ether oxygens (including phenoxy) is 1. The summed E-state index contributed by atoms with van der Waals surface area (Å²) in [6.45, 7) is 4.76. The van der Waals surface area contributed by atoms with Crippen molar-refractivity contribution in [2.24, 2.45) is 0 Å². The number of benzene rings is 2. The molecule has 9 heteroatoms. The summed E-state index contributed by atoms with van der Waals surface area (Å²) in [5, 5.41) is 0.675. The van der Waals surface area contributed by atoms with E-state index in [0.717, 1.165) is 49.5 Å². The fourth-order valence-corrected chi connectivity index (χ4v) is 6.21. The predicted molar refractivity (Wildman–Crippen MR) is 132 cm³/mol. The van der Waals surface area contributed by atoms with Gasteiger partial charge in [-0.05, 0) is 37.1 Å². The molecule has 0 N–H and O–H groups in total. The highest BCUT2D eigenvalue weighted by atomic mass is 32.2. The Labute approximate surface area is 198 Å². The molecule has 1 fully saturated rings. The Kier molecular flexibility index (Phi) is 8.08. The number of carbonyl (C=O) groups excluding carboxylic acids is 1. The lowest BCUT2D eigenvalue weighted by molar-refractivity contribution is -0.118. The highest BCUT2D eigenvalue weighted by Gasteiger charge is 2.22. The van der Waals surface area contributed by atoms with Gasteiger partial charge in [-0.3, -0.25) is 14.6 Å². The molecule has 3 aromatic rings. The van der Waals surface area contributed by atoms with E-state index in [1.165, 1.54) is 11.3 Å². The van der Waals surface area contributed by atoms with Crippen molar-refractivity contribution in [2.45, 2.75) is 24.2 Å². The van der Waals surface area contributed by atoms with Crippen LogP contribution in [0.15, 0.2) is 59.5 Å². The van der Waals surface area contributed by atoms with Crippen molar-refractivity contribution in [3.8, 4) is 0 Å². The lowest BCUT2D eigenvalue weighted by Gasteiger charge is -2.27. The van der Waals surface area contributed by atoms with Gasteiger partial charge in [-0.1, -0.05) is 41.7 Å². The lowest BCUT2D eigenvalue weighted by atomic mass is 10.2. The average Bonchev–Trinajstić information content (AvgIpc) is 3.27. The maximum atomic E-state index is 13.2. The van der Waals surface area contributed by atoms with E-state index >= 15 is 0 Å². The minimum atomic E-state index is -3.40. The third-order valence-corrected chi connectivity index (χ3v) is 8.56. The summed E-state index contributed by atoms with van der Waals surface area (Å²) in [5.74, 6) is -0.135. The van der Waals surface area contributed by atoms with Crippen molar-refractivity contribution in [3.63, 3.8) is 0 Å². The molecule has 0 bridgehead atoms. The summed E-state index contributed by atoms with van der Waals surface area (Å²) < 4.78 is 31.6. The number of para-hydroxylation sites is 1. The zero-order valence-corrected chi connectivity index (χ0v) is 20.2. The average molecular weight is 488 g/mol. The van der Waals surface area contributed by atoms with E-state index in [0.29, 0.717) is 16.6 Å². The third kappa shape index (κ3) is 6.38. The van der Waals surface area contributed by atoms with Gasteiger partial charge in [0.25, 0.3) is 0 Å². The maximum Gasteiger partial charge on any atom is 0.228 e. The molecular weight excluding hydrogens is 458 g/mol. The van der Waals surface area contributed by atoms with E-state index in [9.17, 15) is 13.2 Å². The molecule has 2 heterocycles. The number of rotatable bonds is 10. The van der Waals surface area contributed by atoms with Crippen molar-refractivity contribution >= 4 is 42.4 Å². The Hall–Kier alpha value is -2.33. The van der Waals surface area contributed by atoms with Crippen molar-refractivity contribution in [2.75, 3.05) is 50.0 Å². The van der Waals surface area contributed by atoms with E-state index in [4.69, 9.17) is 4.74 Å². The smallest absolute Gasteiger partial charge is 0.228 e. The van der Waals surface area contributed by atoms with Gasteiger partial charge in [0.1, 0.15) is 0 Å². The van der Waals surface area contributed by atoms with E-state index < -0.39 is 9.84 Å². The summed E-state index contributed by atoms with van der Waals surface area (Å²) in [7, 11) is -3.40. The van der Waals surface area contributed by atoms with Crippen LogP contribution in [0.1, 0.15) is 19.3 Å². The number of nitrogens with zero attached hydrogens (tertiary/aromatic N) is 3. The van der Waals surface area contributed by atoms with E-state index in [2.05, 4.69) is 9.88 Å². The lowest BCUT2D eigenvalue weighted by Crippen LogP contribution is -2.39. The summed E-state index contributed by atoms with van der Waals surface area (Å²) in [6, 6.07) is 16.2. The van der Waals surface area contributed by atoms with Crippen LogP contribution in [-0.4, -0.2) is 69.4 Å². The Morgan fingerprint density at radius 2 is 1.76 bits per heavy atom. The molecule has 176 valence electrons. The normalized spacial score (nSPS) is 15.0. The van der Waals surface area contributed by atoms with Crippen molar-refractivity contribution in [1.29, 1.82) is 0 Å². The number of anilines is 1. The molecule has 1 aliphatic rings. The molecule has 0 aliphatic carbocycles. The second-order valence-electron chi connectivity index (χ2n) is 8.05. The van der Waals surface area contributed by atoms with Crippen molar-refractivity contribution < 1.29 is 17.9 Å². The second-order valence-corrected chi connectivity index (χ2v) is 11.2. The first-order valence-electron chi connectivity index (χ1n) is 11.3. The summed E-state index contributed by atoms with van der Waals surface area (Å²) in [4.78, 5) is 22.2. The molecule has 33 heavy (non-hydrogen) atoms. The van der Waals surface area contributed by atoms with Crippen LogP contribution in [0, 0.1) is 0 Å². The van der Waals surface area contributed by atoms with Crippen LogP contribution in [-0.2, 0) is 19.4 Å². The molecule has 0 radical (unpaired) electrons. The number of sulfone groups is 1. The van der Waals surface area contributed by atoms with Gasteiger partial charge in [-0.2, -0.15) is 0 Å². The number of thiazole rings is 1. The number of morpholine rings is 1. The van der Waals surface area contributed by atoms with Gasteiger partial charge in [0.15, 0.2) is 15.0 Å². The number of carbonyl (C=O) groups is 1. The van der Waals surface area contributed by atoms with Gasteiger partial charge in [-0.25, -0.2) is 13.4 Å². The molecule has 1 aliphatic heterocycles. The molecule has 1 aromatic heterocycles. The Bertz CT molecular complexity index is 1130. The Morgan fingerprint density at radius 1 is 1.03 bits per heavy atom. The van der Waals surface area contributed by atoms with Crippen LogP contribution in [0.5, 0.6) is 0 Å². The molecule has 4 rings (SSSR count). The molecule has 0 atom stereocenters. The van der Waals surface area contributed by atoms with Gasteiger partial charge >= 0.3 is 0 Å². The van der Waals surface area contributed by atoms with Gasteiger partial charge in [0.2, 0.25) is 5.91 Å². The minimum absolute atomic E-state index is 0.0514. The number of amides is 1. The Morgan fingerprint density at radius 3 is 2.52 bits per heavy atom.